The van der Waals surface area contributed by atoms with Gasteiger partial charge >= 0.3 is 0 Å². The van der Waals surface area contributed by atoms with Crippen molar-refractivity contribution in [1.82, 2.24) is 4.98 Å². The van der Waals surface area contributed by atoms with Crippen molar-refractivity contribution < 1.29 is 0 Å². The van der Waals surface area contributed by atoms with Crippen LogP contribution in [-0.4, -0.2) is 4.98 Å². The molecule has 0 saturated carbocycles. The Kier molecular flexibility index (Phi) is 2.44. The van der Waals surface area contributed by atoms with E-state index in [2.05, 4.69) is 4.98 Å². The van der Waals surface area contributed by atoms with Gasteiger partial charge in [-0.15, -0.1) is 0 Å². The molecule has 72 valence electrons. The van der Waals surface area contributed by atoms with E-state index in [1.807, 2.05) is 25.1 Å². The van der Waals surface area contributed by atoms with Crippen LogP contribution in [0.1, 0.15) is 5.56 Å². The van der Waals surface area contributed by atoms with E-state index in [4.69, 9.17) is 17.3 Å². The summed E-state index contributed by atoms with van der Waals surface area (Å²) in [5, 5.41) is 1.35. The number of anilines is 1. The summed E-state index contributed by atoms with van der Waals surface area (Å²) in [5.74, 6) is 0. The van der Waals surface area contributed by atoms with Crippen molar-refractivity contribution in [3.05, 3.63) is 35.0 Å². The molecular formula is C10H9ClN2S. The van der Waals surface area contributed by atoms with Gasteiger partial charge in [-0.3, -0.25) is 0 Å². The Balaban J connectivity index is 2.47. The molecule has 2 rings (SSSR count). The summed E-state index contributed by atoms with van der Waals surface area (Å²) in [6.45, 7) is 1.98. The van der Waals surface area contributed by atoms with E-state index in [-0.39, 0.29) is 0 Å². The van der Waals surface area contributed by atoms with Crippen LogP contribution in [0.2, 0.25) is 5.02 Å². The van der Waals surface area contributed by atoms with Crippen LogP contribution in [0, 0.1) is 6.92 Å². The Labute approximate surface area is 91.4 Å². The number of thiazole rings is 1. The first-order valence-corrected chi connectivity index (χ1v) is 5.34. The minimum atomic E-state index is 0.580. The number of aryl methyl sites for hydroxylation is 1. The average molecular weight is 225 g/mol. The monoisotopic (exact) mass is 224 g/mol. The summed E-state index contributed by atoms with van der Waals surface area (Å²) in [4.78, 5) is 5.04. The van der Waals surface area contributed by atoms with Crippen molar-refractivity contribution in [2.45, 2.75) is 6.92 Å². The number of hydrogen-bond acceptors (Lipinski definition) is 3. The lowest BCUT2D eigenvalue weighted by Crippen LogP contribution is -1.77. The van der Waals surface area contributed by atoms with Crippen molar-refractivity contribution in [3.63, 3.8) is 0 Å². The summed E-state index contributed by atoms with van der Waals surface area (Å²) >= 11 is 7.49. The lowest BCUT2D eigenvalue weighted by Gasteiger charge is -2.00. The highest BCUT2D eigenvalue weighted by molar-refractivity contribution is 7.18. The van der Waals surface area contributed by atoms with Gasteiger partial charge in [0.2, 0.25) is 0 Å². The third kappa shape index (κ3) is 1.74. The van der Waals surface area contributed by atoms with Crippen LogP contribution in [0.4, 0.5) is 5.13 Å². The van der Waals surface area contributed by atoms with E-state index in [0.717, 1.165) is 21.0 Å². The second-order valence-corrected chi connectivity index (χ2v) is 4.50. The standard InChI is InChI=1S/C10H9ClN2S/c1-6-2-3-7(4-8(6)11)9-5-13-10(12)14-9/h2-5H,1H3,(H2,12,13). The van der Waals surface area contributed by atoms with Gasteiger partial charge in [-0.2, -0.15) is 0 Å². The molecule has 0 aliphatic carbocycles. The van der Waals surface area contributed by atoms with Gasteiger partial charge in [0.25, 0.3) is 0 Å². The van der Waals surface area contributed by atoms with E-state index < -0.39 is 0 Å². The quantitative estimate of drug-likeness (QED) is 0.807. The van der Waals surface area contributed by atoms with Crippen molar-refractivity contribution in [3.8, 4) is 10.4 Å². The van der Waals surface area contributed by atoms with E-state index in [1.165, 1.54) is 11.3 Å². The first-order chi connectivity index (χ1) is 6.66. The fourth-order valence-electron chi connectivity index (χ4n) is 1.17. The molecule has 1 aromatic carbocycles. The molecule has 2 nitrogen and oxygen atoms in total. The Morgan fingerprint density at radius 3 is 2.79 bits per heavy atom. The molecule has 0 aliphatic heterocycles. The Hall–Kier alpha value is -1.06. The van der Waals surface area contributed by atoms with Crippen LogP contribution in [0.25, 0.3) is 10.4 Å². The Morgan fingerprint density at radius 2 is 2.21 bits per heavy atom. The van der Waals surface area contributed by atoms with E-state index >= 15 is 0 Å². The van der Waals surface area contributed by atoms with Gasteiger partial charge in [0.1, 0.15) is 0 Å². The Morgan fingerprint density at radius 1 is 1.43 bits per heavy atom. The predicted octanol–water partition coefficient (Wildman–Crippen LogP) is 3.35. The molecule has 14 heavy (non-hydrogen) atoms. The Bertz CT molecular complexity index is 465. The van der Waals surface area contributed by atoms with Crippen LogP contribution in [-0.2, 0) is 0 Å². The molecule has 1 heterocycles. The largest absolute Gasteiger partial charge is 0.375 e. The number of nitrogen functional groups attached to an aromatic ring is 1. The molecule has 2 aromatic rings. The van der Waals surface area contributed by atoms with Crippen LogP contribution < -0.4 is 5.73 Å². The molecule has 1 aromatic heterocycles. The van der Waals surface area contributed by atoms with Crippen LogP contribution in [0.15, 0.2) is 24.4 Å². The zero-order valence-electron chi connectivity index (χ0n) is 7.62. The highest BCUT2D eigenvalue weighted by Gasteiger charge is 2.03. The lowest BCUT2D eigenvalue weighted by atomic mass is 10.1. The molecule has 4 heteroatoms. The topological polar surface area (TPSA) is 38.9 Å². The molecule has 2 N–H and O–H groups in total. The summed E-state index contributed by atoms with van der Waals surface area (Å²) in [5.41, 5.74) is 7.70. The maximum absolute atomic E-state index is 6.02. The third-order valence-electron chi connectivity index (χ3n) is 1.98. The number of benzene rings is 1. The highest BCUT2D eigenvalue weighted by Crippen LogP contribution is 2.30. The SMILES string of the molecule is Cc1ccc(-c2cnc(N)s2)cc1Cl. The van der Waals surface area contributed by atoms with Gasteiger partial charge in [0, 0.05) is 11.2 Å². The molecule has 0 saturated heterocycles. The zero-order chi connectivity index (χ0) is 10.1. The number of hydrogen-bond donors (Lipinski definition) is 1. The number of nitrogens with two attached hydrogens (primary N) is 1. The summed E-state index contributed by atoms with van der Waals surface area (Å²) < 4.78 is 0. The normalized spacial score (nSPS) is 10.4. The molecular weight excluding hydrogens is 216 g/mol. The first kappa shape index (κ1) is 9.49. The average Bonchev–Trinajstić information content (AvgIpc) is 2.57. The molecule has 0 spiro atoms. The fraction of sp³-hybridized carbons (Fsp3) is 0.100. The molecule has 0 atom stereocenters. The van der Waals surface area contributed by atoms with Gasteiger partial charge in [-0.25, -0.2) is 4.98 Å². The van der Waals surface area contributed by atoms with Crippen LogP contribution >= 0.6 is 22.9 Å². The summed E-state index contributed by atoms with van der Waals surface area (Å²) in [7, 11) is 0. The van der Waals surface area contributed by atoms with E-state index in [0.29, 0.717) is 5.13 Å². The molecule has 0 bridgehead atoms. The van der Waals surface area contributed by atoms with Crippen molar-refractivity contribution in [2.24, 2.45) is 0 Å². The van der Waals surface area contributed by atoms with E-state index in [9.17, 15) is 0 Å². The number of nitrogens with zero attached hydrogens (tertiary/aromatic N) is 1. The van der Waals surface area contributed by atoms with Crippen molar-refractivity contribution in [1.29, 1.82) is 0 Å². The van der Waals surface area contributed by atoms with Crippen LogP contribution in [0.5, 0.6) is 0 Å². The van der Waals surface area contributed by atoms with Crippen molar-refractivity contribution in [2.75, 3.05) is 5.73 Å². The first-order valence-electron chi connectivity index (χ1n) is 4.14. The summed E-state index contributed by atoms with van der Waals surface area (Å²) in [6.07, 6.45) is 1.76. The molecule has 0 amide bonds. The molecule has 0 aliphatic rings. The van der Waals surface area contributed by atoms with Gasteiger partial charge in [0.15, 0.2) is 5.13 Å². The minimum absolute atomic E-state index is 0.580. The predicted molar refractivity (Wildman–Crippen MR) is 61.7 cm³/mol. The fourth-order valence-corrected chi connectivity index (χ4v) is 2.03. The zero-order valence-corrected chi connectivity index (χ0v) is 9.19. The number of aromatic nitrogens is 1. The highest BCUT2D eigenvalue weighted by atomic mass is 35.5. The maximum atomic E-state index is 6.02. The maximum Gasteiger partial charge on any atom is 0.180 e. The third-order valence-corrected chi connectivity index (χ3v) is 3.26. The lowest BCUT2D eigenvalue weighted by molar-refractivity contribution is 1.42. The second-order valence-electron chi connectivity index (χ2n) is 3.03. The number of rotatable bonds is 1. The summed E-state index contributed by atoms with van der Waals surface area (Å²) in [6, 6.07) is 5.95. The molecule has 0 radical (unpaired) electrons. The smallest absolute Gasteiger partial charge is 0.180 e. The minimum Gasteiger partial charge on any atom is -0.375 e. The molecule has 0 fully saturated rings. The molecule has 0 unspecified atom stereocenters. The van der Waals surface area contributed by atoms with Gasteiger partial charge in [-0.1, -0.05) is 35.1 Å². The van der Waals surface area contributed by atoms with Gasteiger partial charge in [0.05, 0.1) is 4.88 Å². The van der Waals surface area contributed by atoms with E-state index in [1.54, 1.807) is 6.20 Å². The van der Waals surface area contributed by atoms with Crippen LogP contribution in [0.3, 0.4) is 0 Å². The van der Waals surface area contributed by atoms with Gasteiger partial charge < -0.3 is 5.73 Å². The van der Waals surface area contributed by atoms with Gasteiger partial charge in [-0.05, 0) is 24.1 Å². The second kappa shape index (κ2) is 3.59. The van der Waals surface area contributed by atoms with Crippen molar-refractivity contribution >= 4 is 28.1 Å². The number of halogens is 1.